The molecule has 0 aromatic heterocycles. The first-order valence-electron chi connectivity index (χ1n) is 5.56. The normalized spacial score (nSPS) is 14.5. The van der Waals surface area contributed by atoms with E-state index in [1.54, 1.807) is 27.7 Å². The molecule has 0 aliphatic carbocycles. The Kier molecular flexibility index (Phi) is 5.77. The van der Waals surface area contributed by atoms with Crippen molar-refractivity contribution in [1.82, 2.24) is 5.32 Å². The third-order valence-electron chi connectivity index (χ3n) is 2.22. The van der Waals surface area contributed by atoms with Crippen LogP contribution in [0.3, 0.4) is 0 Å². The zero-order valence-corrected chi connectivity index (χ0v) is 11.0. The van der Waals surface area contributed by atoms with Gasteiger partial charge in [0.05, 0.1) is 6.61 Å². The summed E-state index contributed by atoms with van der Waals surface area (Å²) in [7, 11) is 0. The van der Waals surface area contributed by atoms with E-state index in [1.807, 2.05) is 0 Å². The number of nitrogens with two attached hydrogens (primary N) is 1. The predicted molar refractivity (Wildman–Crippen MR) is 63.6 cm³/mol. The summed E-state index contributed by atoms with van der Waals surface area (Å²) >= 11 is 0. The highest BCUT2D eigenvalue weighted by atomic mass is 16.5. The first kappa shape index (κ1) is 16.4. The highest BCUT2D eigenvalue weighted by molar-refractivity contribution is 6.02. The molecule has 0 aliphatic heterocycles. The van der Waals surface area contributed by atoms with E-state index >= 15 is 0 Å². The van der Waals surface area contributed by atoms with Crippen LogP contribution in [0.1, 0.15) is 27.7 Å². The van der Waals surface area contributed by atoms with Gasteiger partial charge >= 0.3 is 11.9 Å². The lowest BCUT2D eigenvalue weighted by molar-refractivity contribution is -0.151. The summed E-state index contributed by atoms with van der Waals surface area (Å²) in [4.78, 5) is 33.9. The van der Waals surface area contributed by atoms with Gasteiger partial charge in [-0.25, -0.2) is 9.59 Å². The molecule has 0 rings (SSSR count). The molecule has 0 heterocycles. The highest BCUT2D eigenvalue weighted by Gasteiger charge is 2.35. The molecule has 1 amide bonds. The maximum Gasteiger partial charge on any atom is 0.332 e. The number of carbonyl (C=O) groups is 3. The van der Waals surface area contributed by atoms with Crippen molar-refractivity contribution in [2.24, 2.45) is 11.1 Å². The van der Waals surface area contributed by atoms with Crippen LogP contribution in [0.2, 0.25) is 0 Å². The topological polar surface area (TPSA) is 119 Å². The van der Waals surface area contributed by atoms with Crippen LogP contribution in [0, 0.1) is 5.41 Å². The number of hydrogen-bond donors (Lipinski definition) is 3. The summed E-state index contributed by atoms with van der Waals surface area (Å²) in [5, 5.41) is 11.2. The average molecular weight is 260 g/mol. The average Bonchev–Trinajstić information content (AvgIpc) is 2.22. The van der Waals surface area contributed by atoms with E-state index in [2.05, 4.69) is 10.1 Å². The molecule has 0 saturated carbocycles. The van der Waals surface area contributed by atoms with Crippen LogP contribution < -0.4 is 11.1 Å². The van der Waals surface area contributed by atoms with Gasteiger partial charge in [-0.3, -0.25) is 4.79 Å². The Morgan fingerprint density at radius 2 is 1.83 bits per heavy atom. The van der Waals surface area contributed by atoms with Crippen LogP contribution in [0.25, 0.3) is 0 Å². The fraction of sp³-hybridized carbons (Fsp3) is 0.727. The molecule has 0 bridgehead atoms. The summed E-state index contributed by atoms with van der Waals surface area (Å²) in [6.45, 7) is 6.64. The largest absolute Gasteiger partial charge is 0.480 e. The molecule has 2 atom stereocenters. The van der Waals surface area contributed by atoms with E-state index in [1.165, 1.54) is 0 Å². The second-order valence-corrected chi connectivity index (χ2v) is 4.88. The quantitative estimate of drug-likeness (QED) is 0.452. The van der Waals surface area contributed by atoms with Gasteiger partial charge in [0, 0.05) is 0 Å². The molecule has 7 nitrogen and oxygen atoms in total. The van der Waals surface area contributed by atoms with Crippen molar-refractivity contribution in [2.75, 3.05) is 6.61 Å². The molecule has 0 radical (unpaired) electrons. The van der Waals surface area contributed by atoms with Gasteiger partial charge in [0.1, 0.15) is 6.04 Å². The van der Waals surface area contributed by atoms with Crippen molar-refractivity contribution >= 4 is 17.8 Å². The van der Waals surface area contributed by atoms with Gasteiger partial charge in [-0.05, 0) is 12.3 Å². The first-order chi connectivity index (χ1) is 8.11. The number of carbonyl (C=O) groups excluding carboxylic acids is 2. The standard InChI is InChI=1S/C11H20N2O5/c1-5-18-10(17)6(12)8(14)13-7(9(15)16)11(2,3)4/h6-7H,5,12H2,1-4H3,(H,13,14)(H,15,16). The lowest BCUT2D eigenvalue weighted by atomic mass is 9.86. The number of aliphatic carboxylic acids is 1. The zero-order chi connectivity index (χ0) is 14.5. The molecule has 0 aromatic carbocycles. The summed E-state index contributed by atoms with van der Waals surface area (Å²) in [5.74, 6) is -2.93. The third-order valence-corrected chi connectivity index (χ3v) is 2.22. The van der Waals surface area contributed by atoms with E-state index in [0.29, 0.717) is 0 Å². The molecule has 0 fully saturated rings. The molecular weight excluding hydrogens is 240 g/mol. The van der Waals surface area contributed by atoms with Crippen molar-refractivity contribution in [1.29, 1.82) is 0 Å². The minimum absolute atomic E-state index is 0.0987. The molecular formula is C11H20N2O5. The summed E-state index contributed by atoms with van der Waals surface area (Å²) in [6.07, 6.45) is 0. The highest BCUT2D eigenvalue weighted by Crippen LogP contribution is 2.19. The smallest absolute Gasteiger partial charge is 0.332 e. The molecule has 7 heteroatoms. The Balaban J connectivity index is 4.72. The number of amides is 1. The number of carboxylic acids is 1. The van der Waals surface area contributed by atoms with Gasteiger partial charge in [-0.1, -0.05) is 20.8 Å². The molecule has 0 saturated heterocycles. The van der Waals surface area contributed by atoms with Crippen molar-refractivity contribution in [3.05, 3.63) is 0 Å². The lowest BCUT2D eigenvalue weighted by Gasteiger charge is -2.28. The number of ether oxygens (including phenoxy) is 1. The van der Waals surface area contributed by atoms with E-state index in [4.69, 9.17) is 10.8 Å². The maximum atomic E-state index is 11.6. The van der Waals surface area contributed by atoms with Gasteiger partial charge < -0.3 is 20.9 Å². The Hall–Kier alpha value is -1.63. The van der Waals surface area contributed by atoms with E-state index in [0.717, 1.165) is 0 Å². The Labute approximate surface area is 106 Å². The summed E-state index contributed by atoms with van der Waals surface area (Å²) < 4.78 is 4.58. The summed E-state index contributed by atoms with van der Waals surface area (Å²) in [6, 6.07) is -2.65. The van der Waals surface area contributed by atoms with Gasteiger partial charge in [-0.2, -0.15) is 0 Å². The van der Waals surface area contributed by atoms with Crippen LogP contribution in [0.4, 0.5) is 0 Å². The van der Waals surface area contributed by atoms with E-state index in [-0.39, 0.29) is 6.61 Å². The Morgan fingerprint density at radius 1 is 1.33 bits per heavy atom. The molecule has 2 unspecified atom stereocenters. The number of rotatable bonds is 5. The second kappa shape index (κ2) is 6.34. The molecule has 0 aromatic rings. The number of nitrogens with one attached hydrogen (secondary N) is 1. The minimum atomic E-state index is -1.52. The van der Waals surface area contributed by atoms with Gasteiger partial charge in [0.25, 0.3) is 0 Å². The van der Waals surface area contributed by atoms with Crippen molar-refractivity contribution in [2.45, 2.75) is 39.8 Å². The van der Waals surface area contributed by atoms with Gasteiger partial charge in [0.2, 0.25) is 5.91 Å². The molecule has 0 spiro atoms. The Bertz CT molecular complexity index is 335. The van der Waals surface area contributed by atoms with Gasteiger partial charge in [0.15, 0.2) is 6.04 Å². The molecule has 0 aliphatic rings. The molecule has 4 N–H and O–H groups in total. The minimum Gasteiger partial charge on any atom is -0.480 e. The number of hydrogen-bond acceptors (Lipinski definition) is 5. The fourth-order valence-electron chi connectivity index (χ4n) is 1.22. The predicted octanol–water partition coefficient (Wildman–Crippen LogP) is -0.508. The van der Waals surface area contributed by atoms with Crippen molar-refractivity contribution < 1.29 is 24.2 Å². The van der Waals surface area contributed by atoms with Crippen molar-refractivity contribution in [3.8, 4) is 0 Å². The fourth-order valence-corrected chi connectivity index (χ4v) is 1.22. The van der Waals surface area contributed by atoms with E-state index < -0.39 is 35.3 Å². The number of carboxylic acid groups (broad SMARTS) is 1. The van der Waals surface area contributed by atoms with Gasteiger partial charge in [-0.15, -0.1) is 0 Å². The SMILES string of the molecule is CCOC(=O)C(N)C(=O)NC(C(=O)O)C(C)(C)C. The molecule has 18 heavy (non-hydrogen) atoms. The molecule has 104 valence electrons. The van der Waals surface area contributed by atoms with Crippen molar-refractivity contribution in [3.63, 3.8) is 0 Å². The van der Waals surface area contributed by atoms with Crippen LogP contribution in [0.5, 0.6) is 0 Å². The summed E-state index contributed by atoms with van der Waals surface area (Å²) in [5.41, 5.74) is 4.66. The zero-order valence-electron chi connectivity index (χ0n) is 11.0. The Morgan fingerprint density at radius 3 is 2.17 bits per heavy atom. The van der Waals surface area contributed by atoms with Crippen LogP contribution in [0.15, 0.2) is 0 Å². The second-order valence-electron chi connectivity index (χ2n) is 4.88. The lowest BCUT2D eigenvalue weighted by Crippen LogP contribution is -2.55. The maximum absolute atomic E-state index is 11.6. The monoisotopic (exact) mass is 260 g/mol. The van der Waals surface area contributed by atoms with Crippen LogP contribution >= 0.6 is 0 Å². The third kappa shape index (κ3) is 4.70. The first-order valence-corrected chi connectivity index (χ1v) is 5.56. The van der Waals surface area contributed by atoms with E-state index in [9.17, 15) is 14.4 Å². The van der Waals surface area contributed by atoms with Crippen LogP contribution in [-0.2, 0) is 19.1 Å². The number of esters is 1. The van der Waals surface area contributed by atoms with Crippen LogP contribution in [-0.4, -0.2) is 41.6 Å².